The van der Waals surface area contributed by atoms with E-state index < -0.39 is 12.1 Å². The summed E-state index contributed by atoms with van der Waals surface area (Å²) in [5, 5.41) is 0. The molecular weight excluding hydrogens is 913 g/mol. The molecule has 1 unspecified atom stereocenters. The minimum atomic E-state index is -0.826. The first-order chi connectivity index (χ1) is 36.5. The quantitative estimate of drug-likeness (QED) is 0.0261. The van der Waals surface area contributed by atoms with Crippen molar-refractivity contribution < 1.29 is 28.6 Å². The molecule has 0 bridgehead atoms. The molecule has 0 fully saturated rings. The highest BCUT2D eigenvalue weighted by Crippen LogP contribution is 2.15. The molecule has 0 spiro atoms. The number of hydrogen-bond acceptors (Lipinski definition) is 6. The second-order valence-electron chi connectivity index (χ2n) is 19.9. The van der Waals surface area contributed by atoms with Gasteiger partial charge < -0.3 is 14.2 Å². The fourth-order valence-electron chi connectivity index (χ4n) is 8.21. The summed E-state index contributed by atoms with van der Waals surface area (Å²) in [4.78, 5) is 38.2. The smallest absolute Gasteiger partial charge is 0.309 e. The molecule has 0 amide bonds. The van der Waals surface area contributed by atoms with Crippen molar-refractivity contribution in [2.45, 2.75) is 277 Å². The van der Waals surface area contributed by atoms with Crippen LogP contribution in [0.1, 0.15) is 271 Å². The standard InChI is InChI=1S/C68H112O6/c1-4-7-10-13-16-19-22-25-28-30-31-32-33-34-35-36-37-38-41-43-46-49-52-55-58-61-67(70)73-64-65(63-72-66(69)60-57-54-51-48-45-42-39-27-24-21-18-15-12-9-6-3)74-68(71)62-59-56-53-50-47-44-40-29-26-23-20-17-14-11-8-5-2/h7,9-10,12,16,18-19,21,25,27-29,31-32,39-40,45,48,54,57,65H,4-6,8,11,13-15,17,20,22-24,26,30,33-38,41-44,46-47,49-53,55-56,58-64H2,1-3H3/b10-7-,12-9-,19-16-,21-18-,28-25-,32-31-,39-27-,40-29-,48-45-,57-54-. The molecule has 0 N–H and O–H groups in total. The predicted octanol–water partition coefficient (Wildman–Crippen LogP) is 20.8. The van der Waals surface area contributed by atoms with Crippen molar-refractivity contribution in [3.63, 3.8) is 0 Å². The van der Waals surface area contributed by atoms with Crippen LogP contribution in [0, 0.1) is 0 Å². The minimum Gasteiger partial charge on any atom is -0.462 e. The first-order valence-corrected chi connectivity index (χ1v) is 30.5. The summed E-state index contributed by atoms with van der Waals surface area (Å²) in [5.41, 5.74) is 0. The van der Waals surface area contributed by atoms with Gasteiger partial charge in [0.15, 0.2) is 6.10 Å². The topological polar surface area (TPSA) is 78.9 Å². The van der Waals surface area contributed by atoms with Gasteiger partial charge in [-0.05, 0) is 109 Å². The summed E-state index contributed by atoms with van der Waals surface area (Å²) in [6.45, 7) is 6.32. The third-order valence-electron chi connectivity index (χ3n) is 12.7. The fourth-order valence-corrected chi connectivity index (χ4v) is 8.21. The Labute approximate surface area is 456 Å². The van der Waals surface area contributed by atoms with E-state index in [4.69, 9.17) is 14.2 Å². The first-order valence-electron chi connectivity index (χ1n) is 30.5. The summed E-state index contributed by atoms with van der Waals surface area (Å²) in [7, 11) is 0. The van der Waals surface area contributed by atoms with Crippen molar-refractivity contribution in [3.05, 3.63) is 122 Å². The Kier molecular flexibility index (Phi) is 57.9. The van der Waals surface area contributed by atoms with Gasteiger partial charge in [0.25, 0.3) is 0 Å². The maximum absolute atomic E-state index is 12.9. The van der Waals surface area contributed by atoms with E-state index in [0.29, 0.717) is 12.8 Å². The van der Waals surface area contributed by atoms with Gasteiger partial charge >= 0.3 is 17.9 Å². The number of ether oxygens (including phenoxy) is 3. The molecule has 0 aromatic rings. The highest BCUT2D eigenvalue weighted by atomic mass is 16.6. The molecule has 0 saturated heterocycles. The molecule has 6 nitrogen and oxygen atoms in total. The van der Waals surface area contributed by atoms with Crippen LogP contribution >= 0.6 is 0 Å². The van der Waals surface area contributed by atoms with Crippen LogP contribution in [0.5, 0.6) is 0 Å². The number of carbonyl (C=O) groups excluding carboxylic acids is 3. The predicted molar refractivity (Wildman–Crippen MR) is 320 cm³/mol. The Morgan fingerprint density at radius 1 is 0.297 bits per heavy atom. The second kappa shape index (κ2) is 61.4. The molecule has 0 aliphatic carbocycles. The van der Waals surface area contributed by atoms with E-state index in [1.54, 1.807) is 6.08 Å². The van der Waals surface area contributed by atoms with Crippen molar-refractivity contribution in [2.24, 2.45) is 0 Å². The fraction of sp³-hybridized carbons (Fsp3) is 0.662. The average Bonchev–Trinajstić information content (AvgIpc) is 3.40. The van der Waals surface area contributed by atoms with Gasteiger partial charge in [-0.25, -0.2) is 0 Å². The zero-order chi connectivity index (χ0) is 53.6. The van der Waals surface area contributed by atoms with E-state index in [1.165, 1.54) is 122 Å². The van der Waals surface area contributed by atoms with Crippen LogP contribution in [-0.2, 0) is 28.6 Å². The summed E-state index contributed by atoms with van der Waals surface area (Å²) < 4.78 is 16.8. The van der Waals surface area contributed by atoms with Crippen molar-refractivity contribution in [3.8, 4) is 0 Å². The summed E-state index contributed by atoms with van der Waals surface area (Å²) in [5.74, 6) is -1.06. The molecular formula is C68H112O6. The zero-order valence-corrected chi connectivity index (χ0v) is 48.1. The first kappa shape index (κ1) is 69.8. The molecule has 0 rings (SSSR count). The minimum absolute atomic E-state index is 0.114. The Morgan fingerprint density at radius 3 is 0.959 bits per heavy atom. The van der Waals surface area contributed by atoms with Gasteiger partial charge in [-0.3, -0.25) is 14.4 Å². The monoisotopic (exact) mass is 1020 g/mol. The SMILES string of the molecule is CC/C=C\C/C=C\C/C=C\C/C=C\C/C=C\CC(=O)OCC(COC(=O)CCCCCCCCCCCCCC/C=C\C/C=C\C/C=C\C/C=C\CC)OC(=O)CCCCCCC/C=C\CCCCCCCCC. The van der Waals surface area contributed by atoms with Crippen LogP contribution in [0.15, 0.2) is 122 Å². The van der Waals surface area contributed by atoms with E-state index >= 15 is 0 Å². The Balaban J connectivity index is 4.41. The number of hydrogen-bond donors (Lipinski definition) is 0. The van der Waals surface area contributed by atoms with Crippen LogP contribution < -0.4 is 0 Å². The van der Waals surface area contributed by atoms with Crippen LogP contribution in [0.3, 0.4) is 0 Å². The lowest BCUT2D eigenvalue weighted by Gasteiger charge is -2.18. The van der Waals surface area contributed by atoms with Crippen molar-refractivity contribution in [2.75, 3.05) is 13.2 Å². The molecule has 74 heavy (non-hydrogen) atoms. The van der Waals surface area contributed by atoms with Gasteiger partial charge in [0, 0.05) is 12.8 Å². The Hall–Kier alpha value is -4.19. The van der Waals surface area contributed by atoms with Crippen LogP contribution in [0.25, 0.3) is 0 Å². The molecule has 420 valence electrons. The highest BCUT2D eigenvalue weighted by molar-refractivity contribution is 5.72. The molecule has 0 aliphatic rings. The number of carbonyl (C=O) groups is 3. The molecule has 0 aromatic heterocycles. The molecule has 0 aromatic carbocycles. The number of unbranched alkanes of at least 4 members (excludes halogenated alkanes) is 24. The Bertz CT molecular complexity index is 1550. The number of allylic oxidation sites excluding steroid dienone is 19. The van der Waals surface area contributed by atoms with E-state index in [0.717, 1.165) is 109 Å². The number of esters is 3. The molecule has 6 heteroatoms. The van der Waals surface area contributed by atoms with E-state index in [1.807, 2.05) is 6.08 Å². The normalized spacial score (nSPS) is 13.0. The van der Waals surface area contributed by atoms with Crippen LogP contribution in [0.4, 0.5) is 0 Å². The van der Waals surface area contributed by atoms with Gasteiger partial charge in [-0.2, -0.15) is 0 Å². The van der Waals surface area contributed by atoms with E-state index in [-0.39, 0.29) is 31.6 Å². The van der Waals surface area contributed by atoms with Gasteiger partial charge in [0.1, 0.15) is 13.2 Å². The van der Waals surface area contributed by atoms with Crippen LogP contribution in [0.2, 0.25) is 0 Å². The summed E-state index contributed by atoms with van der Waals surface area (Å²) in [6, 6.07) is 0. The Morgan fingerprint density at radius 2 is 0.581 bits per heavy atom. The highest BCUT2D eigenvalue weighted by Gasteiger charge is 2.19. The molecule has 0 saturated carbocycles. The maximum Gasteiger partial charge on any atom is 0.309 e. The molecule has 1 atom stereocenters. The van der Waals surface area contributed by atoms with E-state index in [9.17, 15) is 14.4 Å². The lowest BCUT2D eigenvalue weighted by Crippen LogP contribution is -2.30. The summed E-state index contributed by atoms with van der Waals surface area (Å²) in [6.07, 6.45) is 85.1. The van der Waals surface area contributed by atoms with Crippen molar-refractivity contribution in [1.29, 1.82) is 0 Å². The second-order valence-corrected chi connectivity index (χ2v) is 19.9. The average molecular weight is 1030 g/mol. The molecule has 0 radical (unpaired) electrons. The van der Waals surface area contributed by atoms with Crippen molar-refractivity contribution in [1.82, 2.24) is 0 Å². The van der Waals surface area contributed by atoms with Crippen LogP contribution in [-0.4, -0.2) is 37.2 Å². The largest absolute Gasteiger partial charge is 0.462 e. The lowest BCUT2D eigenvalue weighted by molar-refractivity contribution is -0.166. The van der Waals surface area contributed by atoms with E-state index in [2.05, 4.69) is 130 Å². The zero-order valence-electron chi connectivity index (χ0n) is 48.1. The number of rotatable bonds is 54. The lowest BCUT2D eigenvalue weighted by atomic mass is 10.0. The molecule has 0 heterocycles. The van der Waals surface area contributed by atoms with Gasteiger partial charge in [-0.1, -0.05) is 264 Å². The third kappa shape index (κ3) is 58.7. The maximum atomic E-state index is 12.9. The van der Waals surface area contributed by atoms with Gasteiger partial charge in [0.05, 0.1) is 6.42 Å². The van der Waals surface area contributed by atoms with Gasteiger partial charge in [-0.15, -0.1) is 0 Å². The third-order valence-corrected chi connectivity index (χ3v) is 12.7. The van der Waals surface area contributed by atoms with Crippen molar-refractivity contribution >= 4 is 17.9 Å². The van der Waals surface area contributed by atoms with Gasteiger partial charge in [0.2, 0.25) is 0 Å². The summed E-state index contributed by atoms with van der Waals surface area (Å²) >= 11 is 0. The molecule has 0 aliphatic heterocycles.